The maximum absolute atomic E-state index is 12.3. The third kappa shape index (κ3) is 3.55. The molecule has 0 spiro atoms. The fourth-order valence-electron chi connectivity index (χ4n) is 1.97. The zero-order valence-electron chi connectivity index (χ0n) is 11.9. The minimum Gasteiger partial charge on any atom is -0.478 e. The van der Waals surface area contributed by atoms with Crippen molar-refractivity contribution in [1.29, 1.82) is 0 Å². The Labute approximate surface area is 119 Å². The topological polar surface area (TPSA) is 96.4 Å². The fraction of sp³-hybridized carbons (Fsp3) is 0.538. The van der Waals surface area contributed by atoms with Gasteiger partial charge in [-0.25, -0.2) is 22.9 Å². The molecule has 0 fully saturated rings. The van der Waals surface area contributed by atoms with Gasteiger partial charge in [0.1, 0.15) is 0 Å². The van der Waals surface area contributed by atoms with Crippen LogP contribution in [0.5, 0.6) is 0 Å². The smallest absolute Gasteiger partial charge is 0.337 e. The minimum atomic E-state index is -3.75. The SMILES string of the molecule is CCC(CC)(CC)NS(=O)(=O)c1ccc(C(=O)O)cn1. The van der Waals surface area contributed by atoms with Crippen LogP contribution in [-0.2, 0) is 10.0 Å². The van der Waals surface area contributed by atoms with E-state index in [2.05, 4.69) is 9.71 Å². The van der Waals surface area contributed by atoms with Gasteiger partial charge in [-0.2, -0.15) is 0 Å². The third-order valence-corrected chi connectivity index (χ3v) is 5.13. The molecule has 1 aromatic rings. The maximum Gasteiger partial charge on any atom is 0.337 e. The molecule has 0 bridgehead atoms. The Morgan fingerprint density at radius 3 is 2.15 bits per heavy atom. The Bertz CT molecular complexity index is 554. The van der Waals surface area contributed by atoms with Crippen LogP contribution in [0, 0.1) is 0 Å². The molecule has 2 N–H and O–H groups in total. The van der Waals surface area contributed by atoms with Crippen LogP contribution in [0.15, 0.2) is 23.4 Å². The van der Waals surface area contributed by atoms with E-state index in [0.717, 1.165) is 6.20 Å². The summed E-state index contributed by atoms with van der Waals surface area (Å²) >= 11 is 0. The van der Waals surface area contributed by atoms with E-state index < -0.39 is 21.5 Å². The van der Waals surface area contributed by atoms with E-state index in [4.69, 9.17) is 5.11 Å². The van der Waals surface area contributed by atoms with Gasteiger partial charge in [0.2, 0.25) is 0 Å². The summed E-state index contributed by atoms with van der Waals surface area (Å²) in [7, 11) is -3.75. The summed E-state index contributed by atoms with van der Waals surface area (Å²) in [6.45, 7) is 5.78. The van der Waals surface area contributed by atoms with Crippen molar-refractivity contribution < 1.29 is 18.3 Å². The lowest BCUT2D eigenvalue weighted by Gasteiger charge is -2.31. The maximum atomic E-state index is 12.3. The standard InChI is InChI=1S/C13H20N2O4S/c1-4-13(5-2,6-3)15-20(18,19)11-8-7-10(9-14-11)12(16)17/h7-9,15H,4-6H2,1-3H3,(H,16,17). The summed E-state index contributed by atoms with van der Waals surface area (Å²) in [6, 6.07) is 2.44. The zero-order chi connectivity index (χ0) is 15.4. The number of carboxylic acid groups (broad SMARTS) is 1. The Morgan fingerprint density at radius 1 is 1.25 bits per heavy atom. The number of carboxylic acids is 1. The van der Waals surface area contributed by atoms with Crippen LogP contribution in [0.4, 0.5) is 0 Å². The van der Waals surface area contributed by atoms with Crippen LogP contribution >= 0.6 is 0 Å². The Balaban J connectivity index is 3.07. The second kappa shape index (κ2) is 6.32. The van der Waals surface area contributed by atoms with Crippen LogP contribution in [0.2, 0.25) is 0 Å². The number of pyridine rings is 1. The molecule has 0 saturated heterocycles. The number of aromatic carboxylic acids is 1. The van der Waals surface area contributed by atoms with E-state index in [0.29, 0.717) is 19.3 Å². The lowest BCUT2D eigenvalue weighted by molar-refractivity contribution is 0.0696. The van der Waals surface area contributed by atoms with Crippen LogP contribution in [-0.4, -0.2) is 30.0 Å². The number of hydrogen-bond acceptors (Lipinski definition) is 4. The molecule has 1 rings (SSSR count). The van der Waals surface area contributed by atoms with E-state index in [1.165, 1.54) is 12.1 Å². The number of sulfonamides is 1. The predicted molar refractivity (Wildman–Crippen MR) is 75.1 cm³/mol. The third-order valence-electron chi connectivity index (χ3n) is 3.64. The highest BCUT2D eigenvalue weighted by molar-refractivity contribution is 7.89. The normalized spacial score (nSPS) is 12.3. The summed E-state index contributed by atoms with van der Waals surface area (Å²) in [4.78, 5) is 14.5. The average Bonchev–Trinajstić information content (AvgIpc) is 2.45. The summed E-state index contributed by atoms with van der Waals surface area (Å²) in [5.41, 5.74) is -0.539. The van der Waals surface area contributed by atoms with E-state index >= 15 is 0 Å². The van der Waals surface area contributed by atoms with Crippen molar-refractivity contribution in [3.63, 3.8) is 0 Å². The summed E-state index contributed by atoms with van der Waals surface area (Å²) in [5, 5.41) is 8.61. The van der Waals surface area contributed by atoms with Crippen molar-refractivity contribution in [3.05, 3.63) is 23.9 Å². The molecule has 1 heterocycles. The molecule has 0 radical (unpaired) electrons. The van der Waals surface area contributed by atoms with Crippen molar-refractivity contribution in [2.45, 2.75) is 50.6 Å². The molecule has 1 aromatic heterocycles. The van der Waals surface area contributed by atoms with Gasteiger partial charge < -0.3 is 5.11 Å². The van der Waals surface area contributed by atoms with E-state index in [-0.39, 0.29) is 10.6 Å². The molecular formula is C13H20N2O4S. The summed E-state index contributed by atoms with van der Waals surface area (Å²) in [6.07, 6.45) is 3.06. The van der Waals surface area contributed by atoms with Gasteiger partial charge in [0.25, 0.3) is 10.0 Å². The highest BCUT2D eigenvalue weighted by Gasteiger charge is 2.31. The molecule has 0 unspecified atom stereocenters. The number of rotatable bonds is 7. The van der Waals surface area contributed by atoms with Gasteiger partial charge in [0.05, 0.1) is 5.56 Å². The Hall–Kier alpha value is -1.47. The number of carbonyl (C=O) groups is 1. The quantitative estimate of drug-likeness (QED) is 0.803. The van der Waals surface area contributed by atoms with Crippen molar-refractivity contribution in [3.8, 4) is 0 Å². The highest BCUT2D eigenvalue weighted by atomic mass is 32.2. The molecule has 0 aliphatic heterocycles. The molecule has 7 heteroatoms. The largest absolute Gasteiger partial charge is 0.478 e. The number of hydrogen-bond donors (Lipinski definition) is 2. The number of aromatic nitrogens is 1. The molecule has 0 aliphatic rings. The first-order chi connectivity index (χ1) is 9.30. The van der Waals surface area contributed by atoms with Gasteiger partial charge in [-0.3, -0.25) is 0 Å². The Kier molecular flexibility index (Phi) is 5.24. The molecule has 0 aromatic carbocycles. The lowest BCUT2D eigenvalue weighted by atomic mass is 9.91. The van der Waals surface area contributed by atoms with Gasteiger partial charge >= 0.3 is 5.97 Å². The monoisotopic (exact) mass is 300 g/mol. The molecule has 0 amide bonds. The second-order valence-corrected chi connectivity index (χ2v) is 6.27. The predicted octanol–water partition coefficient (Wildman–Crippen LogP) is 2.03. The summed E-state index contributed by atoms with van der Waals surface area (Å²) in [5.74, 6) is -1.14. The van der Waals surface area contributed by atoms with Gasteiger partial charge in [-0.1, -0.05) is 20.8 Å². The first kappa shape index (κ1) is 16.6. The molecule has 112 valence electrons. The van der Waals surface area contributed by atoms with Crippen LogP contribution in [0.3, 0.4) is 0 Å². The summed E-state index contributed by atoms with van der Waals surface area (Å²) < 4.78 is 27.3. The van der Waals surface area contributed by atoms with Gasteiger partial charge in [-0.05, 0) is 31.4 Å². The number of nitrogens with one attached hydrogen (secondary N) is 1. The zero-order valence-corrected chi connectivity index (χ0v) is 12.7. The van der Waals surface area contributed by atoms with Crippen LogP contribution < -0.4 is 4.72 Å². The molecular weight excluding hydrogens is 280 g/mol. The van der Waals surface area contributed by atoms with Crippen LogP contribution in [0.1, 0.15) is 50.4 Å². The van der Waals surface area contributed by atoms with Crippen molar-refractivity contribution in [2.24, 2.45) is 0 Å². The first-order valence-electron chi connectivity index (χ1n) is 6.53. The minimum absolute atomic E-state index is 0.0447. The van der Waals surface area contributed by atoms with Crippen molar-refractivity contribution in [2.75, 3.05) is 0 Å². The van der Waals surface area contributed by atoms with Crippen LogP contribution in [0.25, 0.3) is 0 Å². The van der Waals surface area contributed by atoms with Gasteiger partial charge in [-0.15, -0.1) is 0 Å². The van der Waals surface area contributed by atoms with E-state index in [9.17, 15) is 13.2 Å². The molecule has 20 heavy (non-hydrogen) atoms. The number of nitrogens with zero attached hydrogens (tertiary/aromatic N) is 1. The molecule has 0 atom stereocenters. The fourth-order valence-corrected chi connectivity index (χ4v) is 3.52. The van der Waals surface area contributed by atoms with E-state index in [1.807, 2.05) is 20.8 Å². The van der Waals surface area contributed by atoms with Crippen molar-refractivity contribution >= 4 is 16.0 Å². The van der Waals surface area contributed by atoms with Gasteiger partial charge in [0, 0.05) is 11.7 Å². The molecule has 6 nitrogen and oxygen atoms in total. The molecule has 0 saturated carbocycles. The van der Waals surface area contributed by atoms with Crippen molar-refractivity contribution in [1.82, 2.24) is 9.71 Å². The lowest BCUT2D eigenvalue weighted by Crippen LogP contribution is -2.47. The molecule has 0 aliphatic carbocycles. The first-order valence-corrected chi connectivity index (χ1v) is 8.02. The van der Waals surface area contributed by atoms with Gasteiger partial charge in [0.15, 0.2) is 5.03 Å². The second-order valence-electron chi connectivity index (χ2n) is 4.64. The average molecular weight is 300 g/mol. The Morgan fingerprint density at radius 2 is 1.80 bits per heavy atom. The van der Waals surface area contributed by atoms with E-state index in [1.54, 1.807) is 0 Å². The highest BCUT2D eigenvalue weighted by Crippen LogP contribution is 2.22.